The maximum atomic E-state index is 15.1. The van der Waals surface area contributed by atoms with Crippen molar-refractivity contribution < 1.29 is 14.2 Å². The molecule has 0 amide bonds. The molecule has 0 saturated heterocycles. The lowest BCUT2D eigenvalue weighted by Crippen LogP contribution is -2.27. The monoisotopic (exact) mass is 332 g/mol. The molecule has 1 saturated carbocycles. The van der Waals surface area contributed by atoms with E-state index in [9.17, 15) is 5.11 Å². The summed E-state index contributed by atoms with van der Waals surface area (Å²) < 4.78 is 20.6. The van der Waals surface area contributed by atoms with Crippen molar-refractivity contribution in [3.05, 3.63) is 35.9 Å². The SMILES string of the molecule is NCC(O)COc1c(C2CCC2)ccc(-c2cnc(N)cn2)c1F. The number of rotatable bonds is 6. The Hall–Kier alpha value is -2.25. The zero-order valence-corrected chi connectivity index (χ0v) is 13.3. The van der Waals surface area contributed by atoms with Gasteiger partial charge in [-0.1, -0.05) is 12.5 Å². The van der Waals surface area contributed by atoms with Gasteiger partial charge in [-0.2, -0.15) is 0 Å². The van der Waals surface area contributed by atoms with Crippen LogP contribution in [0.2, 0.25) is 0 Å². The van der Waals surface area contributed by atoms with E-state index in [-0.39, 0.29) is 30.6 Å². The summed E-state index contributed by atoms with van der Waals surface area (Å²) in [7, 11) is 0. The molecule has 1 fully saturated rings. The molecule has 0 bridgehead atoms. The van der Waals surface area contributed by atoms with Gasteiger partial charge in [-0.15, -0.1) is 0 Å². The van der Waals surface area contributed by atoms with Crippen LogP contribution in [0.1, 0.15) is 30.7 Å². The highest BCUT2D eigenvalue weighted by molar-refractivity contribution is 5.64. The summed E-state index contributed by atoms with van der Waals surface area (Å²) in [4.78, 5) is 8.07. The van der Waals surface area contributed by atoms with Crippen molar-refractivity contribution in [3.63, 3.8) is 0 Å². The molecule has 1 aliphatic carbocycles. The second-order valence-electron chi connectivity index (χ2n) is 6.00. The molecule has 2 aromatic rings. The number of aliphatic hydroxyl groups excluding tert-OH is 1. The Kier molecular flexibility index (Phi) is 4.92. The average Bonchev–Trinajstić information content (AvgIpc) is 2.53. The summed E-state index contributed by atoms with van der Waals surface area (Å²) in [6.07, 6.45) is 5.12. The van der Waals surface area contributed by atoms with Crippen molar-refractivity contribution in [3.8, 4) is 17.0 Å². The second-order valence-corrected chi connectivity index (χ2v) is 6.00. The number of nitrogens with two attached hydrogens (primary N) is 2. The quantitative estimate of drug-likeness (QED) is 0.745. The van der Waals surface area contributed by atoms with Crippen LogP contribution in [0.3, 0.4) is 0 Å². The number of benzene rings is 1. The predicted octanol–water partition coefficient (Wildman–Crippen LogP) is 1.83. The first-order valence-corrected chi connectivity index (χ1v) is 8.01. The summed E-state index contributed by atoms with van der Waals surface area (Å²) in [5.41, 5.74) is 12.4. The van der Waals surface area contributed by atoms with Crippen molar-refractivity contribution in [1.82, 2.24) is 9.97 Å². The van der Waals surface area contributed by atoms with E-state index in [1.807, 2.05) is 6.07 Å². The van der Waals surface area contributed by atoms with Gasteiger partial charge in [0.1, 0.15) is 18.5 Å². The van der Waals surface area contributed by atoms with E-state index in [1.165, 1.54) is 12.4 Å². The maximum Gasteiger partial charge on any atom is 0.174 e. The van der Waals surface area contributed by atoms with Gasteiger partial charge in [-0.3, -0.25) is 4.98 Å². The third-order valence-corrected chi connectivity index (χ3v) is 4.31. The van der Waals surface area contributed by atoms with Crippen LogP contribution in [0.25, 0.3) is 11.3 Å². The molecule has 7 heteroatoms. The third-order valence-electron chi connectivity index (χ3n) is 4.31. The fraction of sp³-hybridized carbons (Fsp3) is 0.412. The molecule has 1 unspecified atom stereocenters. The first kappa shape index (κ1) is 16.6. The molecular weight excluding hydrogens is 311 g/mol. The molecule has 24 heavy (non-hydrogen) atoms. The normalized spacial score (nSPS) is 15.8. The minimum absolute atomic E-state index is 0.0516. The number of ether oxygens (including phenoxy) is 1. The van der Waals surface area contributed by atoms with Gasteiger partial charge in [-0.25, -0.2) is 9.37 Å². The van der Waals surface area contributed by atoms with Gasteiger partial charge in [0.05, 0.1) is 18.1 Å². The van der Waals surface area contributed by atoms with Crippen LogP contribution in [-0.2, 0) is 0 Å². The van der Waals surface area contributed by atoms with Gasteiger partial charge in [0, 0.05) is 17.7 Å². The predicted molar refractivity (Wildman–Crippen MR) is 89.0 cm³/mol. The molecule has 1 aliphatic rings. The number of hydrogen-bond donors (Lipinski definition) is 3. The minimum Gasteiger partial charge on any atom is -0.487 e. The number of hydrogen-bond acceptors (Lipinski definition) is 6. The molecule has 0 radical (unpaired) electrons. The van der Waals surface area contributed by atoms with Crippen LogP contribution in [-0.4, -0.2) is 34.3 Å². The number of anilines is 1. The Morgan fingerprint density at radius 2 is 2.08 bits per heavy atom. The summed E-state index contributed by atoms with van der Waals surface area (Å²) >= 11 is 0. The first-order chi connectivity index (χ1) is 11.6. The van der Waals surface area contributed by atoms with Crippen molar-refractivity contribution in [2.75, 3.05) is 18.9 Å². The number of aliphatic hydroxyl groups is 1. The van der Waals surface area contributed by atoms with Gasteiger partial charge < -0.3 is 21.3 Å². The van der Waals surface area contributed by atoms with Crippen LogP contribution in [0.5, 0.6) is 5.75 Å². The van der Waals surface area contributed by atoms with Gasteiger partial charge in [0.2, 0.25) is 0 Å². The molecule has 128 valence electrons. The van der Waals surface area contributed by atoms with E-state index in [0.717, 1.165) is 24.8 Å². The van der Waals surface area contributed by atoms with E-state index < -0.39 is 11.9 Å². The molecule has 1 atom stereocenters. The van der Waals surface area contributed by atoms with Crippen LogP contribution >= 0.6 is 0 Å². The molecule has 1 aromatic carbocycles. The lowest BCUT2D eigenvalue weighted by Gasteiger charge is -2.28. The maximum absolute atomic E-state index is 15.1. The fourth-order valence-corrected chi connectivity index (χ4v) is 2.68. The molecule has 0 aliphatic heterocycles. The zero-order valence-electron chi connectivity index (χ0n) is 13.3. The Balaban J connectivity index is 1.97. The van der Waals surface area contributed by atoms with Gasteiger partial charge in [-0.05, 0) is 24.8 Å². The van der Waals surface area contributed by atoms with Crippen LogP contribution in [0.15, 0.2) is 24.5 Å². The fourth-order valence-electron chi connectivity index (χ4n) is 2.68. The third kappa shape index (κ3) is 3.32. The molecular formula is C17H21FN4O2. The molecule has 6 nitrogen and oxygen atoms in total. The van der Waals surface area contributed by atoms with Crippen LogP contribution in [0.4, 0.5) is 10.2 Å². The van der Waals surface area contributed by atoms with E-state index in [1.54, 1.807) is 6.07 Å². The van der Waals surface area contributed by atoms with Gasteiger partial charge in [0.15, 0.2) is 11.6 Å². The van der Waals surface area contributed by atoms with Crippen molar-refractivity contribution in [2.24, 2.45) is 5.73 Å². The lowest BCUT2D eigenvalue weighted by atomic mass is 9.79. The number of nitrogen functional groups attached to an aromatic ring is 1. The van der Waals surface area contributed by atoms with E-state index in [0.29, 0.717) is 11.3 Å². The number of halogens is 1. The summed E-state index contributed by atoms with van der Waals surface area (Å²) in [6, 6.07) is 3.56. The standard InChI is InChI=1S/C17H21FN4O2/c18-16-13(14-7-22-15(20)8-21-14)5-4-12(10-2-1-3-10)17(16)24-9-11(23)6-19/h4-5,7-8,10-11,23H,1-3,6,9,19H2,(H2,20,22). The first-order valence-electron chi connectivity index (χ1n) is 8.01. The lowest BCUT2D eigenvalue weighted by molar-refractivity contribution is 0.110. The molecule has 0 spiro atoms. The second kappa shape index (κ2) is 7.11. The number of nitrogens with zero attached hydrogens (tertiary/aromatic N) is 2. The van der Waals surface area contributed by atoms with E-state index in [4.69, 9.17) is 16.2 Å². The Morgan fingerprint density at radius 1 is 1.29 bits per heavy atom. The van der Waals surface area contributed by atoms with Crippen molar-refractivity contribution in [1.29, 1.82) is 0 Å². The summed E-state index contributed by atoms with van der Waals surface area (Å²) in [5, 5.41) is 9.62. The molecule has 3 rings (SSSR count). The Morgan fingerprint density at radius 3 is 2.67 bits per heavy atom. The van der Waals surface area contributed by atoms with Crippen molar-refractivity contribution >= 4 is 5.82 Å². The smallest absolute Gasteiger partial charge is 0.174 e. The van der Waals surface area contributed by atoms with E-state index in [2.05, 4.69) is 9.97 Å². The van der Waals surface area contributed by atoms with E-state index >= 15 is 4.39 Å². The zero-order chi connectivity index (χ0) is 17.1. The van der Waals surface area contributed by atoms with Gasteiger partial charge in [0.25, 0.3) is 0 Å². The van der Waals surface area contributed by atoms with Crippen molar-refractivity contribution in [2.45, 2.75) is 31.3 Å². The van der Waals surface area contributed by atoms with Crippen LogP contribution in [0, 0.1) is 5.82 Å². The highest BCUT2D eigenvalue weighted by Crippen LogP contribution is 2.43. The summed E-state index contributed by atoms with van der Waals surface area (Å²) in [6.45, 7) is 0.00746. The highest BCUT2D eigenvalue weighted by Gasteiger charge is 2.27. The summed E-state index contributed by atoms with van der Waals surface area (Å²) in [5.74, 6) is 0.231. The molecule has 5 N–H and O–H groups in total. The Bertz CT molecular complexity index is 704. The van der Waals surface area contributed by atoms with Gasteiger partial charge >= 0.3 is 0 Å². The largest absolute Gasteiger partial charge is 0.487 e. The highest BCUT2D eigenvalue weighted by atomic mass is 19.1. The average molecular weight is 332 g/mol. The molecule has 1 heterocycles. The number of aromatic nitrogens is 2. The molecule has 1 aromatic heterocycles. The topological polar surface area (TPSA) is 107 Å². The minimum atomic E-state index is -0.835. The van der Waals surface area contributed by atoms with Crippen LogP contribution < -0.4 is 16.2 Å². The Labute approximate surface area is 139 Å².